The number of carboxylic acids is 1. The summed E-state index contributed by atoms with van der Waals surface area (Å²) in [6.45, 7) is 2.47. The number of hydrogen-bond acceptors (Lipinski definition) is 13. The van der Waals surface area contributed by atoms with Crippen LogP contribution in [0.2, 0.25) is 0 Å². The van der Waals surface area contributed by atoms with Crippen LogP contribution in [-0.2, 0) is 60.8 Å². The molecule has 3 amide bonds. The highest BCUT2D eigenvalue weighted by Crippen LogP contribution is 2.35. The zero-order chi connectivity index (χ0) is 60.3. The highest BCUT2D eigenvalue weighted by atomic mass is 19.4. The number of aromatic nitrogens is 8. The van der Waals surface area contributed by atoms with Crippen LogP contribution in [0.15, 0.2) is 94.5 Å². The number of rotatable bonds is 8. The second-order valence-electron chi connectivity index (χ2n) is 19.8. The molecule has 0 spiro atoms. The predicted octanol–water partition coefficient (Wildman–Crippen LogP) is 5.83. The van der Waals surface area contributed by atoms with E-state index >= 15 is 0 Å². The number of aromatic carboxylic acids is 1. The van der Waals surface area contributed by atoms with E-state index in [1.807, 2.05) is 0 Å². The quantitative estimate of drug-likeness (QED) is 0.131. The van der Waals surface area contributed by atoms with Crippen molar-refractivity contribution < 1.29 is 68.9 Å². The fourth-order valence-electron chi connectivity index (χ4n) is 10.3. The normalized spacial score (nSPS) is 15.3. The van der Waals surface area contributed by atoms with E-state index in [-0.39, 0.29) is 111 Å². The van der Waals surface area contributed by atoms with Crippen molar-refractivity contribution in [2.45, 2.75) is 51.4 Å². The molecule has 4 aliphatic heterocycles. The molecule has 4 N–H and O–H groups in total. The van der Waals surface area contributed by atoms with Crippen molar-refractivity contribution >= 4 is 45.2 Å². The third kappa shape index (κ3) is 12.7. The molecule has 12 rings (SSSR count). The van der Waals surface area contributed by atoms with E-state index in [0.29, 0.717) is 82.6 Å². The standard InChI is InChI=1S/C28H24F4N6O4.C16H11FN2O3.C12H15F3N4O2/c29-20-6-5-16(14-21-17-3-1-2-4-18(17)24(39)35-34-21)13-19(20)25(40)37-7-8-38-22(15-37)23(33-27(38)28(30,31)32)26(41)36-9-11-42-12-10-36;17-13-6-5-9(7-12(13)16(21)22)8-14-10-3-1-2-4-11(10)15(20)19-18-14;13-12(14,15)11-17-9(8-7-16-1-2-19(8)11)10(20)18-3-5-21-6-4-18/h1-6,13H,7-12,14-15H2,(H,35,39);1-7H,8H2,(H,19,20)(H,21,22);16H,1-7H2. The minimum Gasteiger partial charge on any atom is -0.478 e. The Kier molecular flexibility index (Phi) is 17.0. The van der Waals surface area contributed by atoms with E-state index in [0.717, 1.165) is 21.3 Å². The number of carboxylic acid groups (broad SMARTS) is 1. The molecule has 29 heteroatoms. The van der Waals surface area contributed by atoms with Gasteiger partial charge in [0, 0.05) is 82.5 Å². The average molecular weight is 1190 g/mol. The lowest BCUT2D eigenvalue weighted by atomic mass is 10.0. The van der Waals surface area contributed by atoms with Crippen molar-refractivity contribution in [3.8, 4) is 0 Å². The first kappa shape index (κ1) is 59.0. The summed E-state index contributed by atoms with van der Waals surface area (Å²) in [6, 6.07) is 21.8. The number of carbonyl (C=O) groups is 4. The van der Waals surface area contributed by atoms with E-state index in [4.69, 9.17) is 14.6 Å². The molecule has 2 fully saturated rings. The number of amides is 3. The maximum atomic E-state index is 15.0. The van der Waals surface area contributed by atoms with Crippen LogP contribution < -0.4 is 16.4 Å². The number of hydrogen-bond donors (Lipinski definition) is 4. The van der Waals surface area contributed by atoms with Gasteiger partial charge < -0.3 is 43.7 Å². The molecule has 444 valence electrons. The molecule has 4 aromatic carbocycles. The number of halogens is 8. The first-order valence-corrected chi connectivity index (χ1v) is 26.5. The molecule has 8 heterocycles. The summed E-state index contributed by atoms with van der Waals surface area (Å²) in [6.07, 6.45) is -8.91. The average Bonchev–Trinajstić information content (AvgIpc) is 4.34. The number of nitrogens with zero attached hydrogens (tertiary/aromatic N) is 9. The molecule has 4 aromatic heterocycles. The van der Waals surface area contributed by atoms with Gasteiger partial charge in [-0.3, -0.25) is 24.0 Å². The second kappa shape index (κ2) is 24.5. The van der Waals surface area contributed by atoms with E-state index in [2.05, 4.69) is 35.7 Å². The fraction of sp³-hybridized carbons (Fsp3) is 0.321. The number of fused-ring (bicyclic) bond motifs is 4. The second-order valence-corrected chi connectivity index (χ2v) is 19.8. The van der Waals surface area contributed by atoms with Crippen LogP contribution >= 0.6 is 0 Å². The van der Waals surface area contributed by atoms with Gasteiger partial charge in [0.15, 0.2) is 11.4 Å². The molecule has 0 aliphatic carbocycles. The van der Waals surface area contributed by atoms with Gasteiger partial charge in [0.25, 0.3) is 28.8 Å². The number of alkyl halides is 6. The summed E-state index contributed by atoms with van der Waals surface area (Å²) in [5.74, 6) is -6.98. The van der Waals surface area contributed by atoms with Crippen LogP contribution in [-0.4, -0.2) is 149 Å². The summed E-state index contributed by atoms with van der Waals surface area (Å²) in [5.41, 5.74) is 0.724. The number of nitrogens with one attached hydrogen (secondary N) is 3. The summed E-state index contributed by atoms with van der Waals surface area (Å²) in [7, 11) is 0. The monoisotopic (exact) mass is 1190 g/mol. The van der Waals surface area contributed by atoms with E-state index in [1.165, 1.54) is 39.0 Å². The Morgan fingerprint density at radius 2 is 0.988 bits per heavy atom. The van der Waals surface area contributed by atoms with Crippen molar-refractivity contribution in [1.29, 1.82) is 0 Å². The van der Waals surface area contributed by atoms with Gasteiger partial charge in [0.05, 0.1) is 77.6 Å². The maximum Gasteiger partial charge on any atom is 0.449 e. The molecule has 85 heavy (non-hydrogen) atoms. The first-order chi connectivity index (χ1) is 40.7. The summed E-state index contributed by atoms with van der Waals surface area (Å²) in [5, 5.41) is 27.2. The predicted molar refractivity (Wildman–Crippen MR) is 284 cm³/mol. The number of benzene rings is 4. The van der Waals surface area contributed by atoms with Gasteiger partial charge in [-0.15, -0.1) is 0 Å². The minimum atomic E-state index is -4.81. The van der Waals surface area contributed by atoms with Crippen molar-refractivity contribution in [1.82, 2.24) is 59.5 Å². The number of H-pyrrole nitrogens is 2. The van der Waals surface area contributed by atoms with Crippen molar-refractivity contribution in [2.75, 3.05) is 65.7 Å². The van der Waals surface area contributed by atoms with Crippen LogP contribution in [0.25, 0.3) is 21.5 Å². The van der Waals surface area contributed by atoms with E-state index in [1.54, 1.807) is 48.5 Å². The van der Waals surface area contributed by atoms with Crippen molar-refractivity contribution in [3.63, 3.8) is 0 Å². The van der Waals surface area contributed by atoms with Gasteiger partial charge in [-0.2, -0.15) is 36.5 Å². The Labute approximate surface area is 474 Å². The van der Waals surface area contributed by atoms with Gasteiger partial charge in [-0.25, -0.2) is 33.7 Å². The summed E-state index contributed by atoms with van der Waals surface area (Å²) >= 11 is 0. The smallest absolute Gasteiger partial charge is 0.449 e. The van der Waals surface area contributed by atoms with Gasteiger partial charge in [0.2, 0.25) is 11.6 Å². The number of imidazole rings is 2. The number of aromatic amines is 2. The van der Waals surface area contributed by atoms with Gasteiger partial charge in [-0.1, -0.05) is 48.5 Å². The van der Waals surface area contributed by atoms with Crippen LogP contribution in [0.4, 0.5) is 35.1 Å². The summed E-state index contributed by atoms with van der Waals surface area (Å²) < 4.78 is 121. The van der Waals surface area contributed by atoms with Crippen molar-refractivity contribution in [2.24, 2.45) is 0 Å². The molecule has 0 radical (unpaired) electrons. The topological polar surface area (TPSA) is 256 Å². The Morgan fingerprint density at radius 3 is 1.47 bits per heavy atom. The molecule has 0 saturated carbocycles. The third-order valence-corrected chi connectivity index (χ3v) is 14.5. The number of ether oxygens (including phenoxy) is 2. The van der Waals surface area contributed by atoms with E-state index < -0.39 is 59.3 Å². The lowest BCUT2D eigenvalue weighted by Gasteiger charge is -2.31. The lowest BCUT2D eigenvalue weighted by molar-refractivity contribution is -0.148. The zero-order valence-corrected chi connectivity index (χ0v) is 44.7. The Morgan fingerprint density at radius 1 is 0.541 bits per heavy atom. The van der Waals surface area contributed by atoms with Crippen molar-refractivity contribution in [3.05, 3.63) is 185 Å². The van der Waals surface area contributed by atoms with Gasteiger partial charge >= 0.3 is 18.3 Å². The molecule has 4 aliphatic rings. The highest BCUT2D eigenvalue weighted by molar-refractivity contribution is 5.97. The molecular weight excluding hydrogens is 1140 g/mol. The molecule has 0 bridgehead atoms. The maximum absolute atomic E-state index is 15.0. The molecule has 0 unspecified atom stereocenters. The Hall–Kier alpha value is -9.22. The molecular formula is C56H50F8N12O9. The molecule has 8 aromatic rings. The van der Waals surface area contributed by atoms with Crippen LogP contribution in [0.1, 0.15) is 87.2 Å². The molecule has 0 atom stereocenters. The Bertz CT molecular complexity index is 4000. The largest absolute Gasteiger partial charge is 0.478 e. The fourth-order valence-corrected chi connectivity index (χ4v) is 10.3. The van der Waals surface area contributed by atoms with Crippen LogP contribution in [0.5, 0.6) is 0 Å². The summed E-state index contributed by atoms with van der Waals surface area (Å²) in [4.78, 5) is 85.3. The lowest BCUT2D eigenvalue weighted by Crippen LogP contribution is -2.43. The zero-order valence-electron chi connectivity index (χ0n) is 44.7. The van der Waals surface area contributed by atoms with Gasteiger partial charge in [0.1, 0.15) is 11.6 Å². The van der Waals surface area contributed by atoms with E-state index in [9.17, 15) is 63.9 Å². The number of morpholine rings is 2. The van der Waals surface area contributed by atoms with Gasteiger partial charge in [-0.05, 0) is 47.5 Å². The molecule has 2 saturated heterocycles. The van der Waals surface area contributed by atoms with Crippen LogP contribution in [0.3, 0.4) is 0 Å². The molecule has 21 nitrogen and oxygen atoms in total. The highest BCUT2D eigenvalue weighted by Gasteiger charge is 2.44. The number of carbonyl (C=O) groups excluding carboxylic acids is 3. The first-order valence-electron chi connectivity index (χ1n) is 26.5. The third-order valence-electron chi connectivity index (χ3n) is 14.5. The SMILES string of the molecule is O=C(O)c1cc(Cc2n[nH]c(=O)c3ccccc23)ccc1F.O=C(c1cc(Cc2n[nH]c(=O)c3ccccc23)ccc1F)N1CCn2c(C(F)(F)F)nc(C(=O)N3CCOCC3)c2C1.O=C(c1nc(C(F)(F)F)n2c1CNCC2)N1CCOCC1. The Balaban J connectivity index is 0.000000157. The van der Waals surface area contributed by atoms with Crippen LogP contribution in [0, 0.1) is 11.6 Å². The minimum absolute atomic E-state index is 0.0566.